The monoisotopic (exact) mass is 268 g/mol. The van der Waals surface area contributed by atoms with Gasteiger partial charge in [0.1, 0.15) is 5.82 Å². The topological polar surface area (TPSA) is 36.4 Å². The summed E-state index contributed by atoms with van der Waals surface area (Å²) in [7, 11) is 0. The molecule has 2 heterocycles. The van der Waals surface area contributed by atoms with Crippen LogP contribution in [0.2, 0.25) is 0 Å². The van der Waals surface area contributed by atoms with Crippen molar-refractivity contribution in [1.29, 1.82) is 0 Å². The molecule has 0 spiro atoms. The van der Waals surface area contributed by atoms with Crippen LogP contribution < -0.4 is 4.90 Å². The number of pyridine rings is 1. The second-order valence-corrected chi connectivity index (χ2v) is 5.51. The van der Waals surface area contributed by atoms with E-state index in [2.05, 4.69) is 35.0 Å². The number of nitrogens with zero attached hydrogens (tertiary/aromatic N) is 2. The number of anilines is 2. The fourth-order valence-corrected chi connectivity index (χ4v) is 2.81. The molecule has 1 atom stereocenters. The largest absolute Gasteiger partial charge is 0.389 e. The predicted octanol–water partition coefficient (Wildman–Crippen LogP) is 3.53. The lowest BCUT2D eigenvalue weighted by Crippen LogP contribution is -2.25. The molecule has 1 N–H and O–H groups in total. The quantitative estimate of drug-likeness (QED) is 0.905. The van der Waals surface area contributed by atoms with E-state index in [4.69, 9.17) is 0 Å². The Labute approximate surface area is 119 Å². The van der Waals surface area contributed by atoms with Crippen molar-refractivity contribution in [2.24, 2.45) is 0 Å². The number of fused-ring (bicyclic) bond motifs is 1. The second-order valence-electron chi connectivity index (χ2n) is 5.51. The van der Waals surface area contributed by atoms with E-state index in [-0.39, 0.29) is 0 Å². The summed E-state index contributed by atoms with van der Waals surface area (Å²) in [6.07, 6.45) is 3.58. The SMILES string of the molecule is Cc1ccc2c(c1)CCCN2c1cc([C@H](C)O)ccn1. The Bertz CT molecular complexity index is 622. The van der Waals surface area contributed by atoms with Gasteiger partial charge in [-0.05, 0) is 56.0 Å². The van der Waals surface area contributed by atoms with E-state index in [0.717, 1.165) is 30.8 Å². The molecule has 104 valence electrons. The van der Waals surface area contributed by atoms with E-state index in [1.807, 2.05) is 12.1 Å². The van der Waals surface area contributed by atoms with E-state index in [1.54, 1.807) is 13.1 Å². The Morgan fingerprint density at radius 1 is 1.25 bits per heavy atom. The number of hydrogen-bond donors (Lipinski definition) is 1. The highest BCUT2D eigenvalue weighted by molar-refractivity contribution is 5.66. The van der Waals surface area contributed by atoms with Crippen LogP contribution in [0.25, 0.3) is 0 Å². The summed E-state index contributed by atoms with van der Waals surface area (Å²) in [5.74, 6) is 0.924. The number of aryl methyl sites for hydroxylation is 2. The average molecular weight is 268 g/mol. The first-order chi connectivity index (χ1) is 9.65. The third-order valence-electron chi connectivity index (χ3n) is 3.88. The van der Waals surface area contributed by atoms with Crippen molar-refractivity contribution in [1.82, 2.24) is 4.98 Å². The van der Waals surface area contributed by atoms with Crippen molar-refractivity contribution in [3.63, 3.8) is 0 Å². The third-order valence-corrected chi connectivity index (χ3v) is 3.88. The molecule has 1 aliphatic rings. The minimum absolute atomic E-state index is 0.459. The molecule has 0 amide bonds. The first kappa shape index (κ1) is 13.1. The molecule has 2 aromatic rings. The van der Waals surface area contributed by atoms with Gasteiger partial charge in [0.25, 0.3) is 0 Å². The molecule has 0 aliphatic carbocycles. The minimum atomic E-state index is -0.459. The Hall–Kier alpha value is -1.87. The van der Waals surface area contributed by atoms with Gasteiger partial charge in [-0.1, -0.05) is 17.7 Å². The summed E-state index contributed by atoms with van der Waals surface area (Å²) in [6.45, 7) is 4.89. The van der Waals surface area contributed by atoms with Crippen LogP contribution in [0.3, 0.4) is 0 Å². The number of hydrogen-bond acceptors (Lipinski definition) is 3. The van der Waals surface area contributed by atoms with Crippen LogP contribution in [0, 0.1) is 6.92 Å². The summed E-state index contributed by atoms with van der Waals surface area (Å²) in [5.41, 5.74) is 4.85. The Morgan fingerprint density at radius 2 is 2.10 bits per heavy atom. The molecular weight excluding hydrogens is 248 g/mol. The Kier molecular flexibility index (Phi) is 3.45. The summed E-state index contributed by atoms with van der Waals surface area (Å²) >= 11 is 0. The zero-order valence-corrected chi connectivity index (χ0v) is 12.0. The molecule has 20 heavy (non-hydrogen) atoms. The fraction of sp³-hybridized carbons (Fsp3) is 0.353. The van der Waals surface area contributed by atoms with Gasteiger partial charge in [-0.15, -0.1) is 0 Å². The van der Waals surface area contributed by atoms with Gasteiger partial charge >= 0.3 is 0 Å². The zero-order chi connectivity index (χ0) is 14.1. The summed E-state index contributed by atoms with van der Waals surface area (Å²) in [5, 5.41) is 9.73. The number of benzene rings is 1. The van der Waals surface area contributed by atoms with Crippen molar-refractivity contribution >= 4 is 11.5 Å². The molecule has 0 saturated carbocycles. The number of aliphatic hydroxyl groups is 1. The van der Waals surface area contributed by atoms with Crippen LogP contribution in [0.5, 0.6) is 0 Å². The smallest absolute Gasteiger partial charge is 0.133 e. The summed E-state index contributed by atoms with van der Waals surface area (Å²) < 4.78 is 0. The van der Waals surface area contributed by atoms with Gasteiger partial charge in [-0.3, -0.25) is 0 Å². The van der Waals surface area contributed by atoms with Crippen LogP contribution in [-0.2, 0) is 6.42 Å². The molecular formula is C17H20N2O. The lowest BCUT2D eigenvalue weighted by atomic mass is 9.99. The molecule has 3 nitrogen and oxygen atoms in total. The van der Waals surface area contributed by atoms with Crippen LogP contribution in [0.1, 0.15) is 36.1 Å². The number of aliphatic hydroxyl groups excluding tert-OH is 1. The van der Waals surface area contributed by atoms with E-state index >= 15 is 0 Å². The van der Waals surface area contributed by atoms with Gasteiger partial charge in [0.05, 0.1) is 6.10 Å². The number of rotatable bonds is 2. The second kappa shape index (κ2) is 5.25. The zero-order valence-electron chi connectivity index (χ0n) is 12.0. The lowest BCUT2D eigenvalue weighted by Gasteiger charge is -2.31. The van der Waals surface area contributed by atoms with E-state index < -0.39 is 6.10 Å². The van der Waals surface area contributed by atoms with Gasteiger partial charge in [-0.2, -0.15) is 0 Å². The molecule has 1 aliphatic heterocycles. The van der Waals surface area contributed by atoms with Gasteiger partial charge in [-0.25, -0.2) is 4.98 Å². The highest BCUT2D eigenvalue weighted by Crippen LogP contribution is 2.33. The molecule has 0 fully saturated rings. The van der Waals surface area contributed by atoms with Crippen molar-refractivity contribution in [2.45, 2.75) is 32.8 Å². The standard InChI is InChI=1S/C17H20N2O/c1-12-5-6-16-15(10-12)4-3-9-19(16)17-11-14(13(2)20)7-8-18-17/h5-8,10-11,13,20H,3-4,9H2,1-2H3/t13-/m0/s1. The Balaban J connectivity index is 2.02. The van der Waals surface area contributed by atoms with E-state index in [9.17, 15) is 5.11 Å². The average Bonchev–Trinajstić information content (AvgIpc) is 2.46. The number of aromatic nitrogens is 1. The lowest BCUT2D eigenvalue weighted by molar-refractivity contribution is 0.199. The van der Waals surface area contributed by atoms with Crippen molar-refractivity contribution in [3.05, 3.63) is 53.2 Å². The van der Waals surface area contributed by atoms with Crippen LogP contribution in [0.15, 0.2) is 36.5 Å². The maximum Gasteiger partial charge on any atom is 0.133 e. The summed E-state index contributed by atoms with van der Waals surface area (Å²) in [4.78, 5) is 6.74. The first-order valence-electron chi connectivity index (χ1n) is 7.16. The minimum Gasteiger partial charge on any atom is -0.389 e. The highest BCUT2D eigenvalue weighted by atomic mass is 16.3. The van der Waals surface area contributed by atoms with Gasteiger partial charge in [0.2, 0.25) is 0 Å². The molecule has 1 aromatic heterocycles. The molecule has 3 rings (SSSR count). The molecule has 3 heteroatoms. The molecule has 1 aromatic carbocycles. The third kappa shape index (κ3) is 2.41. The fourth-order valence-electron chi connectivity index (χ4n) is 2.81. The van der Waals surface area contributed by atoms with Crippen molar-refractivity contribution < 1.29 is 5.11 Å². The van der Waals surface area contributed by atoms with Crippen LogP contribution in [-0.4, -0.2) is 16.6 Å². The Morgan fingerprint density at radius 3 is 2.90 bits per heavy atom. The maximum absolute atomic E-state index is 9.73. The normalized spacial score (nSPS) is 15.8. The first-order valence-corrected chi connectivity index (χ1v) is 7.16. The van der Waals surface area contributed by atoms with Gasteiger partial charge in [0, 0.05) is 18.4 Å². The predicted molar refractivity (Wildman–Crippen MR) is 81.4 cm³/mol. The van der Waals surface area contributed by atoms with Crippen molar-refractivity contribution in [3.8, 4) is 0 Å². The molecule has 0 saturated heterocycles. The van der Waals surface area contributed by atoms with Crippen LogP contribution >= 0.6 is 0 Å². The maximum atomic E-state index is 9.73. The molecule has 0 radical (unpaired) electrons. The van der Waals surface area contributed by atoms with E-state index in [1.165, 1.54) is 16.8 Å². The summed E-state index contributed by atoms with van der Waals surface area (Å²) in [6, 6.07) is 10.4. The van der Waals surface area contributed by atoms with E-state index in [0.29, 0.717) is 0 Å². The highest BCUT2D eigenvalue weighted by Gasteiger charge is 2.19. The molecule has 0 unspecified atom stereocenters. The van der Waals surface area contributed by atoms with Crippen LogP contribution in [0.4, 0.5) is 11.5 Å². The van der Waals surface area contributed by atoms with Crippen molar-refractivity contribution in [2.75, 3.05) is 11.4 Å². The molecule has 0 bridgehead atoms. The van der Waals surface area contributed by atoms with Gasteiger partial charge in [0.15, 0.2) is 0 Å². The van der Waals surface area contributed by atoms with Gasteiger partial charge < -0.3 is 10.0 Å².